The van der Waals surface area contributed by atoms with Crippen molar-refractivity contribution in [3.63, 3.8) is 0 Å². The van der Waals surface area contributed by atoms with Crippen LogP contribution in [-0.4, -0.2) is 44.9 Å². The fraction of sp³-hybridized carbons (Fsp3) is 0.812. The maximum atomic E-state index is 12.1. The molecule has 0 heterocycles. The van der Waals surface area contributed by atoms with Crippen LogP contribution in [0, 0.1) is 16.7 Å². The Hall–Kier alpha value is -1.63. The van der Waals surface area contributed by atoms with Crippen molar-refractivity contribution in [2.75, 3.05) is 0 Å². The molecule has 0 amide bonds. The summed E-state index contributed by atoms with van der Waals surface area (Å²) in [4.78, 5) is 33.9. The standard InChI is InChI=1S/C16H24O7/c1-14(2)9-4-5-15(14,3)10(6-9)23-12(19)8-16(22,13(20)21)7-11(17)18/h9-10,22H,4-8H2,1-3H3,(H,17,18)(H,20,21)/t9-,10+,15-,16-/m0/s1. The highest BCUT2D eigenvalue weighted by molar-refractivity contribution is 5.88. The van der Waals surface area contributed by atoms with Crippen LogP contribution in [0.15, 0.2) is 0 Å². The van der Waals surface area contributed by atoms with E-state index in [-0.39, 0.29) is 16.9 Å². The number of carboxylic acids is 2. The van der Waals surface area contributed by atoms with Gasteiger partial charge in [-0.1, -0.05) is 20.8 Å². The largest absolute Gasteiger partial charge is 0.481 e. The molecular weight excluding hydrogens is 304 g/mol. The maximum absolute atomic E-state index is 12.1. The molecule has 2 aliphatic rings. The van der Waals surface area contributed by atoms with Crippen LogP contribution >= 0.6 is 0 Å². The summed E-state index contributed by atoms with van der Waals surface area (Å²) in [6.45, 7) is 6.37. The van der Waals surface area contributed by atoms with Crippen molar-refractivity contribution in [3.8, 4) is 0 Å². The van der Waals surface area contributed by atoms with Crippen molar-refractivity contribution < 1.29 is 34.4 Å². The Labute approximate surface area is 134 Å². The summed E-state index contributed by atoms with van der Waals surface area (Å²) in [5.74, 6) is -3.65. The summed E-state index contributed by atoms with van der Waals surface area (Å²) in [7, 11) is 0. The van der Waals surface area contributed by atoms with Gasteiger partial charge < -0.3 is 20.1 Å². The number of aliphatic hydroxyl groups is 1. The lowest BCUT2D eigenvalue weighted by atomic mass is 9.70. The Morgan fingerprint density at radius 3 is 2.17 bits per heavy atom. The molecule has 2 rings (SSSR count). The zero-order valence-electron chi connectivity index (χ0n) is 13.7. The minimum absolute atomic E-state index is 0.0299. The number of fused-ring (bicyclic) bond motifs is 2. The van der Waals surface area contributed by atoms with E-state index >= 15 is 0 Å². The Balaban J connectivity index is 2.06. The number of carboxylic acid groups (broad SMARTS) is 2. The van der Waals surface area contributed by atoms with Gasteiger partial charge in [-0.2, -0.15) is 0 Å². The van der Waals surface area contributed by atoms with E-state index < -0.39 is 36.4 Å². The molecule has 4 atom stereocenters. The van der Waals surface area contributed by atoms with Crippen molar-refractivity contribution in [1.29, 1.82) is 0 Å². The molecule has 0 spiro atoms. The van der Waals surface area contributed by atoms with Crippen LogP contribution in [0.25, 0.3) is 0 Å². The molecule has 0 aromatic heterocycles. The molecular formula is C16H24O7. The first-order valence-corrected chi connectivity index (χ1v) is 7.79. The Morgan fingerprint density at radius 2 is 1.78 bits per heavy atom. The smallest absolute Gasteiger partial charge is 0.336 e. The van der Waals surface area contributed by atoms with Crippen LogP contribution in [0.4, 0.5) is 0 Å². The minimum atomic E-state index is -2.64. The normalized spacial score (nSPS) is 33.9. The predicted molar refractivity (Wildman–Crippen MR) is 78.6 cm³/mol. The fourth-order valence-electron chi connectivity index (χ4n) is 4.21. The topological polar surface area (TPSA) is 121 Å². The highest BCUT2D eigenvalue weighted by Crippen LogP contribution is 2.66. The fourth-order valence-corrected chi connectivity index (χ4v) is 4.21. The van der Waals surface area contributed by atoms with E-state index in [9.17, 15) is 19.5 Å². The minimum Gasteiger partial charge on any atom is -0.481 e. The second kappa shape index (κ2) is 5.47. The van der Waals surface area contributed by atoms with E-state index in [1.54, 1.807) is 0 Å². The van der Waals surface area contributed by atoms with Crippen molar-refractivity contribution >= 4 is 17.9 Å². The summed E-state index contributed by atoms with van der Waals surface area (Å²) in [6.07, 6.45) is 0.488. The van der Waals surface area contributed by atoms with Gasteiger partial charge in [-0.3, -0.25) is 9.59 Å². The van der Waals surface area contributed by atoms with Crippen molar-refractivity contribution in [2.45, 2.75) is 64.6 Å². The molecule has 2 saturated carbocycles. The zero-order valence-corrected chi connectivity index (χ0v) is 13.7. The second-order valence-corrected chi connectivity index (χ2v) is 7.67. The lowest BCUT2D eigenvalue weighted by molar-refractivity contribution is -0.176. The molecule has 130 valence electrons. The first kappa shape index (κ1) is 17.7. The molecule has 0 radical (unpaired) electrons. The molecule has 0 aromatic rings. The van der Waals surface area contributed by atoms with Gasteiger partial charge in [0.1, 0.15) is 6.10 Å². The average molecular weight is 328 g/mol. The van der Waals surface area contributed by atoms with Gasteiger partial charge in [-0.05, 0) is 30.6 Å². The molecule has 2 fully saturated rings. The summed E-state index contributed by atoms with van der Waals surface area (Å²) >= 11 is 0. The molecule has 0 unspecified atom stereocenters. The van der Waals surface area contributed by atoms with Gasteiger partial charge in [0.2, 0.25) is 0 Å². The lowest BCUT2D eigenvalue weighted by Crippen LogP contribution is -2.45. The van der Waals surface area contributed by atoms with Crippen LogP contribution in [-0.2, 0) is 19.1 Å². The van der Waals surface area contributed by atoms with Gasteiger partial charge in [-0.25, -0.2) is 4.79 Å². The highest BCUT2D eigenvalue weighted by atomic mass is 16.5. The SMILES string of the molecule is CC1(C)[C@H]2CC[C@@]1(C)[C@H](OC(=O)C[C@@](O)(CC(=O)O)C(=O)O)C2. The summed E-state index contributed by atoms with van der Waals surface area (Å²) in [6, 6.07) is 0. The number of hydrogen-bond acceptors (Lipinski definition) is 5. The van der Waals surface area contributed by atoms with Crippen LogP contribution in [0.2, 0.25) is 0 Å². The van der Waals surface area contributed by atoms with Gasteiger partial charge in [0.25, 0.3) is 0 Å². The number of ether oxygens (including phenoxy) is 1. The second-order valence-electron chi connectivity index (χ2n) is 7.67. The van der Waals surface area contributed by atoms with Gasteiger partial charge in [-0.15, -0.1) is 0 Å². The maximum Gasteiger partial charge on any atom is 0.336 e. The molecule has 7 nitrogen and oxygen atoms in total. The Morgan fingerprint density at radius 1 is 1.17 bits per heavy atom. The summed E-state index contributed by atoms with van der Waals surface area (Å²) < 4.78 is 5.46. The first-order valence-electron chi connectivity index (χ1n) is 7.79. The molecule has 0 aromatic carbocycles. The number of esters is 1. The number of aliphatic carboxylic acids is 2. The predicted octanol–water partition coefficient (Wildman–Crippen LogP) is 1.42. The van der Waals surface area contributed by atoms with E-state index in [0.717, 1.165) is 19.3 Å². The highest BCUT2D eigenvalue weighted by Gasteiger charge is 2.63. The number of carbonyl (C=O) groups is 3. The van der Waals surface area contributed by atoms with Gasteiger partial charge in [0.15, 0.2) is 5.60 Å². The van der Waals surface area contributed by atoms with E-state index in [0.29, 0.717) is 5.92 Å². The molecule has 2 bridgehead atoms. The summed E-state index contributed by atoms with van der Waals surface area (Å²) in [5.41, 5.74) is -2.79. The van der Waals surface area contributed by atoms with Crippen LogP contribution < -0.4 is 0 Å². The average Bonchev–Trinajstić information content (AvgIpc) is 2.70. The van der Waals surface area contributed by atoms with Crippen molar-refractivity contribution in [2.24, 2.45) is 16.7 Å². The van der Waals surface area contributed by atoms with Gasteiger partial charge in [0.05, 0.1) is 12.8 Å². The Bertz CT molecular complexity index is 541. The third-order valence-electron chi connectivity index (χ3n) is 6.27. The molecule has 2 aliphatic carbocycles. The van der Waals surface area contributed by atoms with E-state index in [1.807, 2.05) is 0 Å². The van der Waals surface area contributed by atoms with Crippen molar-refractivity contribution in [1.82, 2.24) is 0 Å². The van der Waals surface area contributed by atoms with Gasteiger partial charge in [0, 0.05) is 5.41 Å². The van der Waals surface area contributed by atoms with Crippen LogP contribution in [0.1, 0.15) is 52.9 Å². The monoisotopic (exact) mass is 328 g/mol. The van der Waals surface area contributed by atoms with Gasteiger partial charge >= 0.3 is 17.9 Å². The molecule has 23 heavy (non-hydrogen) atoms. The molecule has 7 heteroatoms. The summed E-state index contributed by atoms with van der Waals surface area (Å²) in [5, 5.41) is 27.6. The van der Waals surface area contributed by atoms with E-state index in [2.05, 4.69) is 20.8 Å². The third-order valence-corrected chi connectivity index (χ3v) is 6.27. The molecule has 0 aliphatic heterocycles. The van der Waals surface area contributed by atoms with Crippen LogP contribution in [0.5, 0.6) is 0 Å². The first-order chi connectivity index (χ1) is 10.4. The zero-order chi connectivity index (χ0) is 17.6. The third kappa shape index (κ3) is 2.82. The lowest BCUT2D eigenvalue weighted by Gasteiger charge is -2.38. The number of carbonyl (C=O) groups excluding carboxylic acids is 1. The van der Waals surface area contributed by atoms with E-state index in [4.69, 9.17) is 14.9 Å². The molecule has 3 N–H and O–H groups in total. The van der Waals surface area contributed by atoms with Crippen LogP contribution in [0.3, 0.4) is 0 Å². The van der Waals surface area contributed by atoms with Crippen molar-refractivity contribution in [3.05, 3.63) is 0 Å². The quantitative estimate of drug-likeness (QED) is 0.630. The van der Waals surface area contributed by atoms with E-state index in [1.165, 1.54) is 0 Å². The number of rotatable bonds is 6. The number of hydrogen-bond donors (Lipinski definition) is 3. The molecule has 0 saturated heterocycles. The Kier molecular flexibility index (Phi) is 4.22.